The van der Waals surface area contributed by atoms with E-state index in [9.17, 15) is 9.18 Å². The van der Waals surface area contributed by atoms with Crippen molar-refractivity contribution in [1.29, 1.82) is 0 Å². The Kier molecular flexibility index (Phi) is 4.01. The summed E-state index contributed by atoms with van der Waals surface area (Å²) in [6.07, 6.45) is 0. The predicted molar refractivity (Wildman–Crippen MR) is 84.7 cm³/mol. The van der Waals surface area contributed by atoms with Crippen LogP contribution in [-0.2, 0) is 0 Å². The van der Waals surface area contributed by atoms with Crippen molar-refractivity contribution in [1.82, 2.24) is 4.98 Å². The molecule has 23 heavy (non-hydrogen) atoms. The van der Waals surface area contributed by atoms with Crippen molar-refractivity contribution in [3.05, 3.63) is 78.2 Å². The SMILES string of the molecule is NC(=O)c1cccc(-c2ccc(Oc3cccc([18F])c3)cc2)n1. The highest BCUT2D eigenvalue weighted by Gasteiger charge is 2.06. The first kappa shape index (κ1) is 14.7. The normalized spacial score (nSPS) is 10.3. The number of hydrogen-bond donors (Lipinski definition) is 1. The minimum Gasteiger partial charge on any atom is -0.457 e. The monoisotopic (exact) mass is 307 g/mol. The first-order valence-electron chi connectivity index (χ1n) is 6.92. The van der Waals surface area contributed by atoms with Gasteiger partial charge in [0.2, 0.25) is 0 Å². The van der Waals surface area contributed by atoms with Crippen molar-refractivity contribution in [3.8, 4) is 22.8 Å². The number of carbonyl (C=O) groups is 1. The number of nitrogens with zero attached hydrogens (tertiary/aromatic N) is 1. The van der Waals surface area contributed by atoms with Crippen molar-refractivity contribution in [3.63, 3.8) is 0 Å². The topological polar surface area (TPSA) is 65.2 Å². The quantitative estimate of drug-likeness (QED) is 0.797. The van der Waals surface area contributed by atoms with Gasteiger partial charge >= 0.3 is 0 Å². The maximum absolute atomic E-state index is 13.1. The Morgan fingerprint density at radius 1 is 0.957 bits per heavy atom. The van der Waals surface area contributed by atoms with E-state index in [2.05, 4.69) is 4.98 Å². The molecule has 0 aliphatic heterocycles. The van der Waals surface area contributed by atoms with Gasteiger partial charge in [-0.1, -0.05) is 12.1 Å². The Morgan fingerprint density at radius 3 is 2.39 bits per heavy atom. The lowest BCUT2D eigenvalue weighted by Gasteiger charge is -2.07. The van der Waals surface area contributed by atoms with E-state index in [0.717, 1.165) is 5.56 Å². The Hall–Kier alpha value is -3.21. The van der Waals surface area contributed by atoms with Gasteiger partial charge in [0, 0.05) is 11.6 Å². The number of carbonyl (C=O) groups excluding carboxylic acids is 1. The Balaban J connectivity index is 1.82. The predicted octanol–water partition coefficient (Wildman–Crippen LogP) is 3.78. The number of amides is 1. The number of halogens is 1. The van der Waals surface area contributed by atoms with Gasteiger partial charge < -0.3 is 10.5 Å². The third-order valence-corrected chi connectivity index (χ3v) is 3.18. The van der Waals surface area contributed by atoms with E-state index in [1.807, 2.05) is 12.1 Å². The average Bonchev–Trinajstić information content (AvgIpc) is 2.56. The number of aromatic nitrogens is 1. The second-order valence-electron chi connectivity index (χ2n) is 4.86. The molecular formula is C18H13FN2O2. The third kappa shape index (κ3) is 3.52. The molecule has 3 aromatic rings. The lowest BCUT2D eigenvalue weighted by atomic mass is 10.1. The number of ether oxygens (including phenoxy) is 1. The maximum atomic E-state index is 13.1. The molecule has 0 bridgehead atoms. The van der Waals surface area contributed by atoms with Crippen molar-refractivity contribution < 1.29 is 13.9 Å². The average molecular weight is 307 g/mol. The Labute approximate surface area is 132 Å². The molecule has 4 nitrogen and oxygen atoms in total. The molecule has 0 saturated heterocycles. The molecule has 1 amide bonds. The Morgan fingerprint density at radius 2 is 1.70 bits per heavy atom. The number of rotatable bonds is 4. The molecule has 0 unspecified atom stereocenters. The van der Waals surface area contributed by atoms with Crippen molar-refractivity contribution in [2.45, 2.75) is 0 Å². The minimum atomic E-state index is -0.571. The number of hydrogen-bond acceptors (Lipinski definition) is 3. The summed E-state index contributed by atoms with van der Waals surface area (Å²) in [5.74, 6) is 0.0708. The molecule has 114 valence electrons. The zero-order valence-electron chi connectivity index (χ0n) is 12.1. The summed E-state index contributed by atoms with van der Waals surface area (Å²) in [5, 5.41) is 0. The molecule has 0 fully saturated rings. The molecule has 2 N–H and O–H groups in total. The standard InChI is InChI=1S/C18H13FN2O2/c19-13-3-1-4-15(11-13)23-14-9-7-12(8-10-14)16-5-2-6-17(21-16)18(20)22/h1-11H,(H2,20,22)/i19-1. The summed E-state index contributed by atoms with van der Waals surface area (Å²) in [5.41, 5.74) is 6.90. The molecule has 5 heteroatoms. The molecule has 1 heterocycles. The molecule has 2 aromatic carbocycles. The van der Waals surface area contributed by atoms with Gasteiger partial charge in [-0.3, -0.25) is 4.79 Å². The van der Waals surface area contributed by atoms with Crippen LogP contribution in [0.2, 0.25) is 0 Å². The van der Waals surface area contributed by atoms with Gasteiger partial charge in [-0.15, -0.1) is 0 Å². The molecule has 0 radical (unpaired) electrons. The van der Waals surface area contributed by atoms with Crippen LogP contribution in [0.5, 0.6) is 11.5 Å². The molecule has 0 atom stereocenters. The lowest BCUT2D eigenvalue weighted by Crippen LogP contribution is -2.12. The van der Waals surface area contributed by atoms with Gasteiger partial charge in [0.1, 0.15) is 23.0 Å². The third-order valence-electron chi connectivity index (χ3n) is 3.18. The first-order valence-corrected chi connectivity index (χ1v) is 6.92. The number of pyridine rings is 1. The zero-order chi connectivity index (χ0) is 16.2. The largest absolute Gasteiger partial charge is 0.457 e. The van der Waals surface area contributed by atoms with E-state index < -0.39 is 5.91 Å². The van der Waals surface area contributed by atoms with Crippen LogP contribution in [0.1, 0.15) is 10.5 Å². The molecule has 0 aliphatic rings. The highest BCUT2D eigenvalue weighted by atomic mass is 18.2. The van der Waals surface area contributed by atoms with Crippen LogP contribution >= 0.6 is 0 Å². The first-order chi connectivity index (χ1) is 11.1. The van der Waals surface area contributed by atoms with Crippen LogP contribution in [-0.4, -0.2) is 10.9 Å². The lowest BCUT2D eigenvalue weighted by molar-refractivity contribution is 0.0995. The van der Waals surface area contributed by atoms with E-state index >= 15 is 0 Å². The van der Waals surface area contributed by atoms with E-state index in [1.165, 1.54) is 12.1 Å². The Bertz CT molecular complexity index is 848. The summed E-state index contributed by atoms with van der Waals surface area (Å²) in [6, 6.07) is 18.1. The zero-order valence-corrected chi connectivity index (χ0v) is 12.1. The van der Waals surface area contributed by atoms with E-state index in [0.29, 0.717) is 17.2 Å². The van der Waals surface area contributed by atoms with Crippen molar-refractivity contribution in [2.75, 3.05) is 0 Å². The van der Waals surface area contributed by atoms with Gasteiger partial charge in [0.25, 0.3) is 5.91 Å². The maximum Gasteiger partial charge on any atom is 0.267 e. The van der Waals surface area contributed by atoms with E-state index in [4.69, 9.17) is 10.5 Å². The van der Waals surface area contributed by atoms with Crippen LogP contribution in [0.3, 0.4) is 0 Å². The molecule has 0 spiro atoms. The van der Waals surface area contributed by atoms with Crippen LogP contribution in [0.4, 0.5) is 4.39 Å². The fourth-order valence-corrected chi connectivity index (χ4v) is 2.09. The minimum absolute atomic E-state index is 0.211. The highest BCUT2D eigenvalue weighted by Crippen LogP contribution is 2.25. The number of primary amides is 1. The summed E-state index contributed by atoms with van der Waals surface area (Å²) in [6.45, 7) is 0. The highest BCUT2D eigenvalue weighted by molar-refractivity contribution is 5.91. The molecule has 1 aromatic heterocycles. The molecule has 0 saturated carbocycles. The molecular weight excluding hydrogens is 294 g/mol. The van der Waals surface area contributed by atoms with Gasteiger partial charge in [-0.25, -0.2) is 9.37 Å². The van der Waals surface area contributed by atoms with E-state index in [-0.39, 0.29) is 11.5 Å². The van der Waals surface area contributed by atoms with Crippen molar-refractivity contribution >= 4 is 5.91 Å². The van der Waals surface area contributed by atoms with Crippen LogP contribution in [0.25, 0.3) is 11.3 Å². The van der Waals surface area contributed by atoms with Gasteiger partial charge in [0.05, 0.1) is 5.69 Å². The number of nitrogens with two attached hydrogens (primary N) is 1. The summed E-state index contributed by atoms with van der Waals surface area (Å²) >= 11 is 0. The van der Waals surface area contributed by atoms with Gasteiger partial charge in [0.15, 0.2) is 0 Å². The summed E-state index contributed by atoms with van der Waals surface area (Å²) in [4.78, 5) is 15.4. The summed E-state index contributed by atoms with van der Waals surface area (Å²) in [7, 11) is 0. The fraction of sp³-hybridized carbons (Fsp3) is 0. The van der Waals surface area contributed by atoms with Crippen LogP contribution < -0.4 is 10.5 Å². The van der Waals surface area contributed by atoms with E-state index in [1.54, 1.807) is 42.5 Å². The summed E-state index contributed by atoms with van der Waals surface area (Å²) < 4.78 is 18.7. The van der Waals surface area contributed by atoms with Crippen LogP contribution in [0, 0.1) is 5.82 Å². The second-order valence-corrected chi connectivity index (χ2v) is 4.86. The fourth-order valence-electron chi connectivity index (χ4n) is 2.09. The smallest absolute Gasteiger partial charge is 0.267 e. The second kappa shape index (κ2) is 6.27. The van der Waals surface area contributed by atoms with Crippen molar-refractivity contribution in [2.24, 2.45) is 5.73 Å². The van der Waals surface area contributed by atoms with Gasteiger partial charge in [-0.05, 0) is 48.5 Å². The van der Waals surface area contributed by atoms with Crippen LogP contribution in [0.15, 0.2) is 66.7 Å². The number of benzene rings is 2. The molecule has 0 aliphatic carbocycles. The molecule has 3 rings (SSSR count). The van der Waals surface area contributed by atoms with Gasteiger partial charge in [-0.2, -0.15) is 0 Å².